The van der Waals surface area contributed by atoms with Gasteiger partial charge in [0.25, 0.3) is 0 Å². The number of benzene rings is 2. The molecular formula is C26H28O13. The summed E-state index contributed by atoms with van der Waals surface area (Å²) in [5, 5.41) is 62.3. The molecule has 2 bridgehead atoms. The molecule has 6 rings (SSSR count). The van der Waals surface area contributed by atoms with E-state index in [-0.39, 0.29) is 39.0 Å². The smallest absolute Gasteiger partial charge is 0.229 e. The molecule has 6 N–H and O–H groups in total. The van der Waals surface area contributed by atoms with Gasteiger partial charge in [0.2, 0.25) is 17.5 Å². The van der Waals surface area contributed by atoms with Crippen LogP contribution in [0.15, 0.2) is 27.4 Å². The fourth-order valence-corrected chi connectivity index (χ4v) is 5.59. The van der Waals surface area contributed by atoms with E-state index in [2.05, 4.69) is 0 Å². The third-order valence-electron chi connectivity index (χ3n) is 7.57. The molecule has 2 saturated heterocycles. The second kappa shape index (κ2) is 9.20. The van der Waals surface area contributed by atoms with Gasteiger partial charge in [-0.1, -0.05) is 0 Å². The van der Waals surface area contributed by atoms with E-state index >= 15 is 0 Å². The summed E-state index contributed by atoms with van der Waals surface area (Å²) in [5.74, 6) is -1.96. The molecule has 3 aromatic rings. The molecule has 8 atom stereocenters. The van der Waals surface area contributed by atoms with Crippen LogP contribution in [0.1, 0.15) is 31.4 Å². The highest BCUT2D eigenvalue weighted by Gasteiger charge is 2.48. The van der Waals surface area contributed by atoms with Gasteiger partial charge in [-0.05, 0) is 6.42 Å². The van der Waals surface area contributed by atoms with E-state index < -0.39 is 72.2 Å². The average Bonchev–Trinajstić information content (AvgIpc) is 2.88. The predicted octanol–water partition coefficient (Wildman–Crippen LogP) is 0.511. The predicted molar refractivity (Wildman–Crippen MR) is 131 cm³/mol. The molecule has 13 heteroatoms. The summed E-state index contributed by atoms with van der Waals surface area (Å²) in [5.41, 5.74) is -0.791. The van der Waals surface area contributed by atoms with Crippen LogP contribution in [-0.2, 0) is 14.2 Å². The topological polar surface area (TPSA) is 198 Å². The molecular weight excluding hydrogens is 520 g/mol. The van der Waals surface area contributed by atoms with E-state index in [0.29, 0.717) is 12.8 Å². The van der Waals surface area contributed by atoms with Crippen LogP contribution >= 0.6 is 0 Å². The molecule has 0 spiro atoms. The Morgan fingerprint density at radius 1 is 1.08 bits per heavy atom. The molecule has 0 aliphatic carbocycles. The first kappa shape index (κ1) is 26.1. The Balaban J connectivity index is 1.43. The zero-order chi connectivity index (χ0) is 27.8. The lowest BCUT2D eigenvalue weighted by molar-refractivity contribution is -0.281. The Bertz CT molecular complexity index is 1500. The van der Waals surface area contributed by atoms with Crippen molar-refractivity contribution in [3.05, 3.63) is 34.0 Å². The van der Waals surface area contributed by atoms with Gasteiger partial charge in [-0.2, -0.15) is 0 Å². The van der Waals surface area contributed by atoms with Gasteiger partial charge in [0.15, 0.2) is 0 Å². The summed E-state index contributed by atoms with van der Waals surface area (Å²) < 4.78 is 34.0. The second-order valence-corrected chi connectivity index (χ2v) is 10.2. The minimum absolute atomic E-state index is 0.0500. The molecule has 8 unspecified atom stereocenters. The third-order valence-corrected chi connectivity index (χ3v) is 7.57. The first-order chi connectivity index (χ1) is 18.5. The number of aliphatic hydroxyl groups excluding tert-OH is 4. The fraction of sp³-hybridized carbons (Fsp3) is 0.500. The number of aromatic hydroxyl groups is 2. The van der Waals surface area contributed by atoms with Crippen LogP contribution in [0.25, 0.3) is 21.9 Å². The number of fused-ring (bicyclic) bond motifs is 6. The maximum absolute atomic E-state index is 13.5. The SMILES string of the molecule is COC1C(CO)OC(Oc2cc(O)c3c(=O)c4c(O)c5c(cc4oc3c2)OC2(C)CCC(O)C5O2)C(O)C1O. The molecule has 13 nitrogen and oxygen atoms in total. The molecule has 2 aromatic carbocycles. The highest BCUT2D eigenvalue weighted by atomic mass is 16.7. The minimum atomic E-state index is -1.57. The van der Waals surface area contributed by atoms with E-state index in [1.54, 1.807) is 6.92 Å². The summed E-state index contributed by atoms with van der Waals surface area (Å²) >= 11 is 0. The number of ether oxygens (including phenoxy) is 5. The highest BCUT2D eigenvalue weighted by molar-refractivity contribution is 5.97. The molecule has 2 fully saturated rings. The minimum Gasteiger partial charge on any atom is -0.507 e. The highest BCUT2D eigenvalue weighted by Crippen LogP contribution is 2.52. The Morgan fingerprint density at radius 2 is 1.82 bits per heavy atom. The monoisotopic (exact) mass is 548 g/mol. The lowest BCUT2D eigenvalue weighted by Crippen LogP contribution is -2.60. The van der Waals surface area contributed by atoms with Crippen molar-refractivity contribution in [2.45, 2.75) is 68.5 Å². The Morgan fingerprint density at radius 3 is 2.54 bits per heavy atom. The van der Waals surface area contributed by atoms with Crippen molar-refractivity contribution in [1.82, 2.24) is 0 Å². The summed E-state index contributed by atoms with van der Waals surface area (Å²) in [6.45, 7) is 1.19. The Hall–Kier alpha value is -3.17. The molecule has 1 aromatic heterocycles. The zero-order valence-electron chi connectivity index (χ0n) is 20.9. The van der Waals surface area contributed by atoms with Crippen LogP contribution < -0.4 is 14.9 Å². The van der Waals surface area contributed by atoms with Gasteiger partial charge in [0.05, 0.1) is 18.3 Å². The molecule has 3 aliphatic rings. The zero-order valence-corrected chi connectivity index (χ0v) is 20.9. The average molecular weight is 548 g/mol. The van der Waals surface area contributed by atoms with Gasteiger partial charge in [-0.15, -0.1) is 0 Å². The molecule has 39 heavy (non-hydrogen) atoms. The van der Waals surface area contributed by atoms with E-state index in [1.807, 2.05) is 0 Å². The van der Waals surface area contributed by atoms with E-state index in [9.17, 15) is 35.4 Å². The number of phenols is 2. The van der Waals surface area contributed by atoms with Crippen molar-refractivity contribution in [3.8, 4) is 23.0 Å². The molecule has 0 amide bonds. The van der Waals surface area contributed by atoms with E-state index in [0.717, 1.165) is 6.07 Å². The number of hydrogen-bond acceptors (Lipinski definition) is 13. The van der Waals surface area contributed by atoms with Crippen LogP contribution in [0.5, 0.6) is 23.0 Å². The van der Waals surface area contributed by atoms with Gasteiger partial charge in [0.1, 0.15) is 75.5 Å². The Kier molecular flexibility index (Phi) is 6.15. The van der Waals surface area contributed by atoms with Gasteiger partial charge < -0.3 is 58.7 Å². The van der Waals surface area contributed by atoms with Crippen molar-refractivity contribution in [2.24, 2.45) is 0 Å². The molecule has 0 radical (unpaired) electrons. The number of aliphatic hydroxyl groups is 4. The normalized spacial score (nSPS) is 34.1. The molecule has 0 saturated carbocycles. The maximum atomic E-state index is 13.5. The van der Waals surface area contributed by atoms with E-state index in [1.165, 1.54) is 19.2 Å². The number of methoxy groups -OCH3 is 1. The lowest BCUT2D eigenvalue weighted by atomic mass is 9.90. The standard InChI is InChI=1S/C26H28O13/c1-26-4-3-10(28)23(39-26)18-14(38-26)7-13-17(20(18)31)19(30)16-11(29)5-9(6-12(16)36-13)35-25-22(33)21(32)24(34-2)15(8-27)37-25/h5-7,10,15,21-25,27-29,31-33H,3-4,8H2,1-2H3. The lowest BCUT2D eigenvalue weighted by Gasteiger charge is -2.45. The summed E-state index contributed by atoms with van der Waals surface area (Å²) in [7, 11) is 1.29. The Labute approximate surface area is 220 Å². The quantitative estimate of drug-likeness (QED) is 0.247. The van der Waals surface area contributed by atoms with Crippen LogP contribution in [0.4, 0.5) is 0 Å². The van der Waals surface area contributed by atoms with Crippen molar-refractivity contribution in [2.75, 3.05) is 13.7 Å². The molecule has 210 valence electrons. The number of phenolic OH excluding ortho intramolecular Hbond substituents is 2. The van der Waals surface area contributed by atoms with Crippen molar-refractivity contribution < 1.29 is 58.7 Å². The first-order valence-corrected chi connectivity index (χ1v) is 12.4. The van der Waals surface area contributed by atoms with Crippen LogP contribution in [0, 0.1) is 0 Å². The van der Waals surface area contributed by atoms with E-state index in [4.69, 9.17) is 28.1 Å². The van der Waals surface area contributed by atoms with Gasteiger partial charge in [-0.3, -0.25) is 4.79 Å². The summed E-state index contributed by atoms with van der Waals surface area (Å²) in [6, 6.07) is 3.78. The van der Waals surface area contributed by atoms with Gasteiger partial charge >= 0.3 is 0 Å². The fourth-order valence-electron chi connectivity index (χ4n) is 5.59. The van der Waals surface area contributed by atoms with Crippen molar-refractivity contribution in [1.29, 1.82) is 0 Å². The van der Waals surface area contributed by atoms with Crippen LogP contribution in [0.3, 0.4) is 0 Å². The van der Waals surface area contributed by atoms with Crippen LogP contribution in [-0.4, -0.2) is 87.0 Å². The van der Waals surface area contributed by atoms with Crippen molar-refractivity contribution >= 4 is 21.9 Å². The molecule has 3 aliphatic heterocycles. The van der Waals surface area contributed by atoms with Gasteiger partial charge in [0, 0.05) is 38.7 Å². The molecule has 4 heterocycles. The first-order valence-electron chi connectivity index (χ1n) is 12.4. The van der Waals surface area contributed by atoms with Crippen molar-refractivity contribution in [3.63, 3.8) is 0 Å². The largest absolute Gasteiger partial charge is 0.507 e. The van der Waals surface area contributed by atoms with Gasteiger partial charge in [-0.25, -0.2) is 0 Å². The maximum Gasteiger partial charge on any atom is 0.229 e. The summed E-state index contributed by atoms with van der Waals surface area (Å²) in [4.78, 5) is 13.5. The number of hydrogen-bond donors (Lipinski definition) is 6. The summed E-state index contributed by atoms with van der Waals surface area (Å²) in [6.07, 6.45) is -7.55. The number of rotatable bonds is 4. The second-order valence-electron chi connectivity index (χ2n) is 10.2. The third kappa shape index (κ3) is 4.00. The van der Waals surface area contributed by atoms with Crippen LogP contribution in [0.2, 0.25) is 0 Å².